The Morgan fingerprint density at radius 2 is 1.95 bits per heavy atom. The number of carbonyl (C=O) groups is 1. The van der Waals surface area contributed by atoms with Crippen molar-refractivity contribution in [2.45, 2.75) is 24.8 Å². The highest BCUT2D eigenvalue weighted by atomic mass is 16.2. The predicted molar refractivity (Wildman–Crippen MR) is 82.3 cm³/mol. The molecule has 4 rings (SSSR count). The number of benzene rings is 1. The zero-order valence-electron chi connectivity index (χ0n) is 12.4. The van der Waals surface area contributed by atoms with Gasteiger partial charge in [-0.3, -0.25) is 9.69 Å². The third-order valence-corrected chi connectivity index (χ3v) is 5.30. The van der Waals surface area contributed by atoms with Gasteiger partial charge in [-0.2, -0.15) is 0 Å². The van der Waals surface area contributed by atoms with E-state index in [-0.39, 0.29) is 5.92 Å². The van der Waals surface area contributed by atoms with Crippen molar-refractivity contribution in [2.75, 3.05) is 39.3 Å². The minimum Gasteiger partial charge on any atom is -0.341 e. The van der Waals surface area contributed by atoms with E-state index in [2.05, 4.69) is 33.3 Å². The van der Waals surface area contributed by atoms with Gasteiger partial charge in [0.05, 0.1) is 5.92 Å². The Hall–Kier alpha value is -1.39. The van der Waals surface area contributed by atoms with Gasteiger partial charge in [0.25, 0.3) is 0 Å². The normalized spacial score (nSPS) is 29.0. The molecule has 2 heterocycles. The van der Waals surface area contributed by atoms with E-state index < -0.39 is 0 Å². The first-order chi connectivity index (χ1) is 10.3. The van der Waals surface area contributed by atoms with Crippen LogP contribution in [0.1, 0.15) is 23.5 Å². The molecule has 1 N–H and O–H groups in total. The molecule has 2 aliphatic heterocycles. The highest BCUT2D eigenvalue weighted by Crippen LogP contribution is 2.37. The molecule has 1 aromatic carbocycles. The van der Waals surface area contributed by atoms with Gasteiger partial charge in [-0.1, -0.05) is 24.3 Å². The van der Waals surface area contributed by atoms with Gasteiger partial charge < -0.3 is 10.2 Å². The summed E-state index contributed by atoms with van der Waals surface area (Å²) in [7, 11) is 0. The Balaban J connectivity index is 1.39. The summed E-state index contributed by atoms with van der Waals surface area (Å²) in [6.45, 7) is 6.28. The molecule has 2 saturated heterocycles. The summed E-state index contributed by atoms with van der Waals surface area (Å²) in [6.07, 6.45) is 2.07. The van der Waals surface area contributed by atoms with Crippen molar-refractivity contribution in [1.82, 2.24) is 15.1 Å². The number of likely N-dealkylation sites (tertiary alicyclic amines) is 1. The number of hydrogen-bond acceptors (Lipinski definition) is 3. The number of carbonyl (C=O) groups excluding carboxylic acids is 1. The molecule has 4 heteroatoms. The monoisotopic (exact) mass is 285 g/mol. The number of amides is 1. The fourth-order valence-electron chi connectivity index (χ4n) is 3.99. The predicted octanol–water partition coefficient (Wildman–Crippen LogP) is 0.832. The van der Waals surface area contributed by atoms with Crippen LogP contribution in [0, 0.1) is 0 Å². The van der Waals surface area contributed by atoms with Crippen molar-refractivity contribution in [3.05, 3.63) is 35.4 Å². The lowest BCUT2D eigenvalue weighted by atomic mass is 9.77. The number of fused-ring (bicyclic) bond motifs is 1. The fraction of sp³-hybridized carbons (Fsp3) is 0.588. The first kappa shape index (κ1) is 13.3. The molecule has 4 nitrogen and oxygen atoms in total. The van der Waals surface area contributed by atoms with E-state index in [4.69, 9.17) is 0 Å². The van der Waals surface area contributed by atoms with Crippen LogP contribution in [-0.4, -0.2) is 61.0 Å². The molecule has 1 aromatic rings. The van der Waals surface area contributed by atoms with E-state index in [9.17, 15) is 4.79 Å². The second-order valence-corrected chi connectivity index (χ2v) is 6.47. The maximum absolute atomic E-state index is 12.7. The van der Waals surface area contributed by atoms with Gasteiger partial charge in [0.15, 0.2) is 0 Å². The van der Waals surface area contributed by atoms with E-state index in [1.807, 2.05) is 6.07 Å². The van der Waals surface area contributed by atoms with Crippen LogP contribution < -0.4 is 5.32 Å². The zero-order valence-corrected chi connectivity index (χ0v) is 12.4. The molecule has 2 atom stereocenters. The lowest BCUT2D eigenvalue weighted by Crippen LogP contribution is -2.49. The highest BCUT2D eigenvalue weighted by molar-refractivity contribution is 5.87. The van der Waals surface area contributed by atoms with Gasteiger partial charge in [0.1, 0.15) is 0 Å². The van der Waals surface area contributed by atoms with Crippen molar-refractivity contribution in [3.63, 3.8) is 0 Å². The Labute approximate surface area is 126 Å². The van der Waals surface area contributed by atoms with E-state index in [0.29, 0.717) is 11.9 Å². The minimum atomic E-state index is 0.128. The lowest BCUT2D eigenvalue weighted by molar-refractivity contribution is -0.132. The number of rotatable bonds is 2. The summed E-state index contributed by atoms with van der Waals surface area (Å²) in [5.41, 5.74) is 2.61. The molecule has 0 radical (unpaired) electrons. The van der Waals surface area contributed by atoms with Crippen molar-refractivity contribution < 1.29 is 4.79 Å². The smallest absolute Gasteiger partial charge is 0.230 e. The van der Waals surface area contributed by atoms with Gasteiger partial charge in [-0.15, -0.1) is 0 Å². The first-order valence-electron chi connectivity index (χ1n) is 8.14. The maximum Gasteiger partial charge on any atom is 0.230 e. The Morgan fingerprint density at radius 3 is 2.76 bits per heavy atom. The van der Waals surface area contributed by atoms with Gasteiger partial charge >= 0.3 is 0 Å². The van der Waals surface area contributed by atoms with Gasteiger partial charge in [0, 0.05) is 45.3 Å². The molecule has 1 amide bonds. The molecular formula is C17H23N3O. The number of nitrogens with one attached hydrogen (secondary N) is 1. The molecule has 2 fully saturated rings. The third kappa shape index (κ3) is 2.36. The molecule has 1 aliphatic carbocycles. The van der Waals surface area contributed by atoms with Crippen LogP contribution >= 0.6 is 0 Å². The van der Waals surface area contributed by atoms with Crippen molar-refractivity contribution in [1.29, 1.82) is 0 Å². The number of nitrogens with zero attached hydrogens (tertiary/aromatic N) is 2. The summed E-state index contributed by atoms with van der Waals surface area (Å²) in [4.78, 5) is 17.4. The quantitative estimate of drug-likeness (QED) is 0.874. The average Bonchev–Trinajstić information content (AvgIpc) is 2.99. The Bertz CT molecular complexity index is 539. The summed E-state index contributed by atoms with van der Waals surface area (Å²) < 4.78 is 0. The molecule has 21 heavy (non-hydrogen) atoms. The van der Waals surface area contributed by atoms with Crippen LogP contribution in [0.3, 0.4) is 0 Å². The van der Waals surface area contributed by atoms with Crippen molar-refractivity contribution in [3.8, 4) is 0 Å². The summed E-state index contributed by atoms with van der Waals surface area (Å²) in [5.74, 6) is 0.481. The van der Waals surface area contributed by atoms with Crippen molar-refractivity contribution >= 4 is 5.91 Å². The van der Waals surface area contributed by atoms with Crippen molar-refractivity contribution in [2.24, 2.45) is 0 Å². The summed E-state index contributed by atoms with van der Waals surface area (Å²) in [5, 5.41) is 3.40. The second-order valence-electron chi connectivity index (χ2n) is 6.47. The lowest BCUT2D eigenvalue weighted by Gasteiger charge is -2.34. The molecule has 0 spiro atoms. The van der Waals surface area contributed by atoms with Gasteiger partial charge in [0.2, 0.25) is 5.91 Å². The maximum atomic E-state index is 12.7. The van der Waals surface area contributed by atoms with E-state index in [1.54, 1.807) is 0 Å². The molecule has 0 bridgehead atoms. The van der Waals surface area contributed by atoms with E-state index in [1.165, 1.54) is 11.1 Å². The number of piperazine rings is 1. The van der Waals surface area contributed by atoms with Gasteiger partial charge in [-0.25, -0.2) is 0 Å². The molecule has 0 aromatic heterocycles. The third-order valence-electron chi connectivity index (χ3n) is 5.30. The zero-order chi connectivity index (χ0) is 14.2. The largest absolute Gasteiger partial charge is 0.341 e. The van der Waals surface area contributed by atoms with Crippen LogP contribution in [0.5, 0.6) is 0 Å². The Kier molecular flexibility index (Phi) is 3.43. The van der Waals surface area contributed by atoms with Crippen LogP contribution in [0.15, 0.2) is 24.3 Å². The fourth-order valence-corrected chi connectivity index (χ4v) is 3.99. The van der Waals surface area contributed by atoms with Crippen LogP contribution in [-0.2, 0) is 11.2 Å². The summed E-state index contributed by atoms with van der Waals surface area (Å²) >= 11 is 0. The molecular weight excluding hydrogens is 262 g/mol. The second kappa shape index (κ2) is 5.43. The first-order valence-corrected chi connectivity index (χ1v) is 8.14. The Morgan fingerprint density at radius 1 is 1.14 bits per heavy atom. The van der Waals surface area contributed by atoms with Crippen LogP contribution in [0.2, 0.25) is 0 Å². The SMILES string of the molecule is O=C(C1Cc2ccccc21)N1CCC(N2CCNCC2)C1. The molecule has 2 unspecified atom stereocenters. The molecule has 0 saturated carbocycles. The average molecular weight is 285 g/mol. The standard InChI is InChI=1S/C17H23N3O/c21-17(16-11-13-3-1-2-4-15(13)16)20-8-5-14(12-20)19-9-6-18-7-10-19/h1-4,14,16,18H,5-12H2. The number of hydrogen-bond donors (Lipinski definition) is 1. The van der Waals surface area contributed by atoms with E-state index >= 15 is 0 Å². The molecule has 3 aliphatic rings. The van der Waals surface area contributed by atoms with Gasteiger partial charge in [-0.05, 0) is 24.0 Å². The topological polar surface area (TPSA) is 35.6 Å². The van der Waals surface area contributed by atoms with Crippen LogP contribution in [0.25, 0.3) is 0 Å². The van der Waals surface area contributed by atoms with E-state index in [0.717, 1.165) is 52.1 Å². The summed E-state index contributed by atoms with van der Waals surface area (Å²) in [6, 6.07) is 8.95. The van der Waals surface area contributed by atoms with Crippen LogP contribution in [0.4, 0.5) is 0 Å². The highest BCUT2D eigenvalue weighted by Gasteiger charge is 2.38. The minimum absolute atomic E-state index is 0.128. The molecule has 112 valence electrons.